The summed E-state index contributed by atoms with van der Waals surface area (Å²) in [5, 5.41) is 0. The van der Waals surface area contributed by atoms with Gasteiger partial charge in [-0.1, -0.05) is 15.9 Å². The molecule has 0 aromatic rings. The van der Waals surface area contributed by atoms with E-state index in [4.69, 9.17) is 4.74 Å². The summed E-state index contributed by atoms with van der Waals surface area (Å²) in [6, 6.07) is 0.214. The van der Waals surface area contributed by atoms with Gasteiger partial charge in [-0.2, -0.15) is 0 Å². The van der Waals surface area contributed by atoms with E-state index in [1.807, 2.05) is 18.7 Å². The van der Waals surface area contributed by atoms with E-state index in [0.29, 0.717) is 13.2 Å². The Bertz CT molecular complexity index is 172. The standard InChI is InChI=1S/C8H14BrNO2/c1-6-5-12-4-3-10(6)8(11)7(2)9/h6-7H,3-5H2,1-2H3. The molecular weight excluding hydrogens is 222 g/mol. The van der Waals surface area contributed by atoms with E-state index >= 15 is 0 Å². The highest BCUT2D eigenvalue weighted by Crippen LogP contribution is 2.11. The molecule has 12 heavy (non-hydrogen) atoms. The third-order valence-corrected chi connectivity index (χ3v) is 2.38. The van der Waals surface area contributed by atoms with E-state index < -0.39 is 0 Å². The topological polar surface area (TPSA) is 29.5 Å². The lowest BCUT2D eigenvalue weighted by Gasteiger charge is -2.34. The van der Waals surface area contributed by atoms with Crippen LogP contribution in [0.1, 0.15) is 13.8 Å². The summed E-state index contributed by atoms with van der Waals surface area (Å²) < 4.78 is 5.23. The van der Waals surface area contributed by atoms with Gasteiger partial charge in [0.2, 0.25) is 5.91 Å². The SMILES string of the molecule is CC(Br)C(=O)N1CCOCC1C. The molecule has 1 saturated heterocycles. The zero-order valence-electron chi connectivity index (χ0n) is 7.42. The Morgan fingerprint density at radius 2 is 2.42 bits per heavy atom. The van der Waals surface area contributed by atoms with Gasteiger partial charge in [-0.05, 0) is 13.8 Å². The summed E-state index contributed by atoms with van der Waals surface area (Å²) in [6.07, 6.45) is 0. The van der Waals surface area contributed by atoms with Crippen molar-refractivity contribution in [3.63, 3.8) is 0 Å². The number of amides is 1. The molecule has 1 rings (SSSR count). The first-order chi connectivity index (χ1) is 5.63. The molecule has 2 unspecified atom stereocenters. The molecule has 0 aromatic carbocycles. The van der Waals surface area contributed by atoms with Crippen molar-refractivity contribution in [2.75, 3.05) is 19.8 Å². The molecule has 0 N–H and O–H groups in total. The molecule has 0 spiro atoms. The highest BCUT2D eigenvalue weighted by molar-refractivity contribution is 9.10. The van der Waals surface area contributed by atoms with Crippen LogP contribution in [0.15, 0.2) is 0 Å². The Hall–Kier alpha value is -0.0900. The summed E-state index contributed by atoms with van der Waals surface area (Å²) in [5.74, 6) is 0.158. The van der Waals surface area contributed by atoms with E-state index in [-0.39, 0.29) is 16.8 Å². The molecule has 1 heterocycles. The molecule has 0 aromatic heterocycles. The molecule has 1 aliphatic heterocycles. The van der Waals surface area contributed by atoms with E-state index in [0.717, 1.165) is 6.54 Å². The van der Waals surface area contributed by atoms with Gasteiger partial charge in [0, 0.05) is 6.54 Å². The van der Waals surface area contributed by atoms with Crippen LogP contribution in [0.5, 0.6) is 0 Å². The maximum atomic E-state index is 11.5. The van der Waals surface area contributed by atoms with Crippen LogP contribution in [0.4, 0.5) is 0 Å². The Kier molecular flexibility index (Phi) is 3.53. The third kappa shape index (κ3) is 2.20. The monoisotopic (exact) mass is 235 g/mol. The fourth-order valence-electron chi connectivity index (χ4n) is 1.28. The summed E-state index contributed by atoms with van der Waals surface area (Å²) in [5.41, 5.74) is 0. The molecule has 4 heteroatoms. The smallest absolute Gasteiger partial charge is 0.236 e. The van der Waals surface area contributed by atoms with Crippen molar-refractivity contribution >= 4 is 21.8 Å². The van der Waals surface area contributed by atoms with Gasteiger partial charge in [-0.25, -0.2) is 0 Å². The minimum absolute atomic E-state index is 0.0851. The normalized spacial score (nSPS) is 26.9. The molecule has 0 bridgehead atoms. The van der Waals surface area contributed by atoms with Gasteiger partial charge in [0.15, 0.2) is 0 Å². The third-order valence-electron chi connectivity index (χ3n) is 1.99. The zero-order chi connectivity index (χ0) is 9.14. The first-order valence-electron chi connectivity index (χ1n) is 4.15. The van der Waals surface area contributed by atoms with Crippen molar-refractivity contribution in [2.45, 2.75) is 24.7 Å². The van der Waals surface area contributed by atoms with Crippen LogP contribution < -0.4 is 0 Å². The maximum Gasteiger partial charge on any atom is 0.236 e. The van der Waals surface area contributed by atoms with Crippen LogP contribution in [0.3, 0.4) is 0 Å². The van der Waals surface area contributed by atoms with Crippen LogP contribution in [-0.2, 0) is 9.53 Å². The minimum atomic E-state index is -0.0851. The molecular formula is C8H14BrNO2. The summed E-state index contributed by atoms with van der Waals surface area (Å²) in [4.78, 5) is 13.3. The summed E-state index contributed by atoms with van der Waals surface area (Å²) >= 11 is 3.27. The fourth-order valence-corrected chi connectivity index (χ4v) is 1.55. The Labute approximate surface area is 81.2 Å². The zero-order valence-corrected chi connectivity index (χ0v) is 9.00. The van der Waals surface area contributed by atoms with Crippen molar-refractivity contribution in [3.8, 4) is 0 Å². The van der Waals surface area contributed by atoms with Gasteiger partial charge in [0.25, 0.3) is 0 Å². The molecule has 2 atom stereocenters. The lowest BCUT2D eigenvalue weighted by atomic mass is 10.2. The van der Waals surface area contributed by atoms with Crippen molar-refractivity contribution in [1.82, 2.24) is 4.90 Å². The maximum absolute atomic E-state index is 11.5. The summed E-state index contributed by atoms with van der Waals surface area (Å²) in [7, 11) is 0. The highest BCUT2D eigenvalue weighted by Gasteiger charge is 2.25. The van der Waals surface area contributed by atoms with Gasteiger partial charge in [-0.15, -0.1) is 0 Å². The molecule has 0 saturated carbocycles. The predicted molar refractivity (Wildman–Crippen MR) is 50.4 cm³/mol. The molecule has 0 aliphatic carbocycles. The van der Waals surface area contributed by atoms with Gasteiger partial charge in [0.05, 0.1) is 24.1 Å². The highest BCUT2D eigenvalue weighted by atomic mass is 79.9. The van der Waals surface area contributed by atoms with Crippen LogP contribution >= 0.6 is 15.9 Å². The van der Waals surface area contributed by atoms with E-state index in [1.165, 1.54) is 0 Å². The van der Waals surface area contributed by atoms with E-state index in [1.54, 1.807) is 0 Å². The first-order valence-corrected chi connectivity index (χ1v) is 5.07. The van der Waals surface area contributed by atoms with Gasteiger partial charge in [0.1, 0.15) is 0 Å². The van der Waals surface area contributed by atoms with Crippen LogP contribution in [-0.4, -0.2) is 41.4 Å². The lowest BCUT2D eigenvalue weighted by Crippen LogP contribution is -2.49. The molecule has 70 valence electrons. The van der Waals surface area contributed by atoms with Gasteiger partial charge >= 0.3 is 0 Å². The van der Waals surface area contributed by atoms with Crippen molar-refractivity contribution < 1.29 is 9.53 Å². The van der Waals surface area contributed by atoms with E-state index in [2.05, 4.69) is 15.9 Å². The average molecular weight is 236 g/mol. The lowest BCUT2D eigenvalue weighted by molar-refractivity contribution is -0.138. The number of rotatable bonds is 1. The fraction of sp³-hybridized carbons (Fsp3) is 0.875. The molecule has 1 aliphatic rings. The van der Waals surface area contributed by atoms with Crippen LogP contribution in [0.25, 0.3) is 0 Å². The number of carbonyl (C=O) groups is 1. The van der Waals surface area contributed by atoms with E-state index in [9.17, 15) is 4.79 Å². The molecule has 0 radical (unpaired) electrons. The Morgan fingerprint density at radius 1 is 1.75 bits per heavy atom. The van der Waals surface area contributed by atoms with Crippen LogP contribution in [0, 0.1) is 0 Å². The number of ether oxygens (including phenoxy) is 1. The first kappa shape index (κ1) is 9.99. The van der Waals surface area contributed by atoms with Gasteiger partial charge < -0.3 is 9.64 Å². The number of hydrogen-bond acceptors (Lipinski definition) is 2. The van der Waals surface area contributed by atoms with Crippen molar-refractivity contribution in [3.05, 3.63) is 0 Å². The number of halogens is 1. The Morgan fingerprint density at radius 3 is 2.92 bits per heavy atom. The molecule has 1 fully saturated rings. The second kappa shape index (κ2) is 4.23. The average Bonchev–Trinajstić information content (AvgIpc) is 2.04. The largest absolute Gasteiger partial charge is 0.377 e. The quantitative estimate of drug-likeness (QED) is 0.636. The molecule has 3 nitrogen and oxygen atoms in total. The number of morpholine rings is 1. The summed E-state index contributed by atoms with van der Waals surface area (Å²) in [6.45, 7) is 5.90. The van der Waals surface area contributed by atoms with Crippen LogP contribution in [0.2, 0.25) is 0 Å². The minimum Gasteiger partial charge on any atom is -0.377 e. The van der Waals surface area contributed by atoms with Crippen molar-refractivity contribution in [1.29, 1.82) is 0 Å². The van der Waals surface area contributed by atoms with Gasteiger partial charge in [-0.3, -0.25) is 4.79 Å². The molecule has 1 amide bonds. The van der Waals surface area contributed by atoms with Crippen molar-refractivity contribution in [2.24, 2.45) is 0 Å². The Balaban J connectivity index is 2.53. The second-order valence-electron chi connectivity index (χ2n) is 3.07. The number of nitrogens with zero attached hydrogens (tertiary/aromatic N) is 1. The number of carbonyl (C=O) groups excluding carboxylic acids is 1. The second-order valence-corrected chi connectivity index (χ2v) is 4.45. The number of hydrogen-bond donors (Lipinski definition) is 0. The predicted octanol–water partition coefficient (Wildman–Crippen LogP) is 1.02. The number of alkyl halides is 1.